The molecule has 7 heteroatoms. The van der Waals surface area contributed by atoms with Gasteiger partial charge in [0.05, 0.1) is 6.61 Å². The highest BCUT2D eigenvalue weighted by Crippen LogP contribution is 2.27. The summed E-state index contributed by atoms with van der Waals surface area (Å²) in [7, 11) is -4.64. The lowest BCUT2D eigenvalue weighted by atomic mass is 10.1. The van der Waals surface area contributed by atoms with Crippen LogP contribution < -0.4 is 4.74 Å². The van der Waals surface area contributed by atoms with E-state index in [0.29, 0.717) is 0 Å². The van der Waals surface area contributed by atoms with Crippen molar-refractivity contribution in [3.63, 3.8) is 0 Å². The number of aryl methyl sites for hydroxylation is 1. The predicted octanol–water partition coefficient (Wildman–Crippen LogP) is 6.56. The maximum absolute atomic E-state index is 8.88. The van der Waals surface area contributed by atoms with Gasteiger partial charge < -0.3 is 24.2 Å². The lowest BCUT2D eigenvalue weighted by molar-refractivity contribution is 0.132. The van der Waals surface area contributed by atoms with Crippen LogP contribution in [-0.4, -0.2) is 27.9 Å². The first-order chi connectivity index (χ1) is 15.3. The van der Waals surface area contributed by atoms with E-state index in [1.165, 1.54) is 62.5 Å². The molecule has 3 N–H and O–H groups in total. The Morgan fingerprint density at radius 2 is 1.41 bits per heavy atom. The third-order valence-corrected chi connectivity index (χ3v) is 4.84. The third-order valence-electron chi connectivity index (χ3n) is 4.84. The van der Waals surface area contributed by atoms with Gasteiger partial charge in [0.2, 0.25) is 0 Å². The van der Waals surface area contributed by atoms with Crippen molar-refractivity contribution < 1.29 is 28.7 Å². The van der Waals surface area contributed by atoms with E-state index in [2.05, 4.69) is 32.0 Å². The zero-order valence-electron chi connectivity index (χ0n) is 19.4. The van der Waals surface area contributed by atoms with Gasteiger partial charge in [0.15, 0.2) is 0 Å². The van der Waals surface area contributed by atoms with Crippen LogP contribution in [0, 0.1) is 6.92 Å². The Bertz CT molecular complexity index is 767. The second kappa shape index (κ2) is 16.9. The van der Waals surface area contributed by atoms with Gasteiger partial charge in [-0.1, -0.05) is 87.8 Å². The molecular weight excluding hydrogens is 427 g/mol. The molecule has 2 rings (SSSR count). The second-order valence-electron chi connectivity index (χ2n) is 7.88. The first-order valence-corrected chi connectivity index (χ1v) is 13.0. The van der Waals surface area contributed by atoms with Gasteiger partial charge in [0, 0.05) is 6.61 Å². The summed E-state index contributed by atoms with van der Waals surface area (Å²) in [4.78, 5) is 21.6. The standard InChI is InChI=1S/C25H36O2.H3O4P/c1-3-4-5-6-7-8-9-13-19-26-20-18-23-21-22(2)16-17-25(23)27-24-14-11-10-12-15-24;1-5(2,3)4/h10-12,14-17,21H,3-9,13,18-20H2,1-2H3;(H3,1,2,3,4). The zero-order chi connectivity index (χ0) is 23.7. The number of hydrogen-bond acceptors (Lipinski definition) is 3. The van der Waals surface area contributed by atoms with Crippen molar-refractivity contribution in [2.24, 2.45) is 0 Å². The average molecular weight is 467 g/mol. The van der Waals surface area contributed by atoms with Crippen LogP contribution >= 0.6 is 7.82 Å². The van der Waals surface area contributed by atoms with E-state index in [1.54, 1.807) is 0 Å². The Hall–Kier alpha value is -1.69. The minimum atomic E-state index is -4.64. The maximum atomic E-state index is 8.88. The summed E-state index contributed by atoms with van der Waals surface area (Å²) in [5, 5.41) is 0. The number of unbranched alkanes of at least 4 members (excludes halogenated alkanes) is 7. The topological polar surface area (TPSA) is 96.2 Å². The number of para-hydroxylation sites is 1. The molecule has 0 heterocycles. The van der Waals surface area contributed by atoms with Crippen LogP contribution in [-0.2, 0) is 15.7 Å². The predicted molar refractivity (Wildman–Crippen MR) is 129 cm³/mol. The molecule has 2 aromatic carbocycles. The smallest absolute Gasteiger partial charge is 0.457 e. The Morgan fingerprint density at radius 3 is 2.03 bits per heavy atom. The summed E-state index contributed by atoms with van der Waals surface area (Å²) in [5.74, 6) is 1.81. The molecule has 32 heavy (non-hydrogen) atoms. The fourth-order valence-corrected chi connectivity index (χ4v) is 3.24. The van der Waals surface area contributed by atoms with Crippen LogP contribution in [0.15, 0.2) is 48.5 Å². The fourth-order valence-electron chi connectivity index (χ4n) is 3.24. The van der Waals surface area contributed by atoms with Gasteiger partial charge in [0.1, 0.15) is 11.5 Å². The van der Waals surface area contributed by atoms with Gasteiger partial charge in [0.25, 0.3) is 0 Å². The summed E-state index contributed by atoms with van der Waals surface area (Å²) in [6.07, 6.45) is 11.6. The molecule has 0 radical (unpaired) electrons. The molecule has 0 aliphatic heterocycles. The summed E-state index contributed by atoms with van der Waals surface area (Å²) >= 11 is 0. The molecule has 0 unspecified atom stereocenters. The van der Waals surface area contributed by atoms with Crippen LogP contribution in [0.5, 0.6) is 11.5 Å². The van der Waals surface area contributed by atoms with Crippen molar-refractivity contribution >= 4 is 7.82 Å². The van der Waals surface area contributed by atoms with Crippen molar-refractivity contribution in [3.8, 4) is 11.5 Å². The SMILES string of the molecule is CCCCCCCCCCOCCc1cc(C)ccc1Oc1ccccc1.O=P(O)(O)O. The zero-order valence-corrected chi connectivity index (χ0v) is 20.3. The largest absolute Gasteiger partial charge is 0.466 e. The molecule has 6 nitrogen and oxygen atoms in total. The number of hydrogen-bond donors (Lipinski definition) is 3. The first-order valence-electron chi connectivity index (χ1n) is 11.5. The fraction of sp³-hybridized carbons (Fsp3) is 0.520. The van der Waals surface area contributed by atoms with Crippen molar-refractivity contribution in [1.82, 2.24) is 0 Å². The Labute approximate surface area is 192 Å². The summed E-state index contributed by atoms with van der Waals surface area (Å²) in [6, 6.07) is 16.3. The molecule has 0 bridgehead atoms. The molecular formula is C25H39O6P. The van der Waals surface area contributed by atoms with Gasteiger partial charge in [-0.05, 0) is 43.5 Å². The Morgan fingerprint density at radius 1 is 0.812 bits per heavy atom. The van der Waals surface area contributed by atoms with Crippen LogP contribution in [0.25, 0.3) is 0 Å². The van der Waals surface area contributed by atoms with Gasteiger partial charge in [-0.15, -0.1) is 0 Å². The number of benzene rings is 2. The summed E-state index contributed by atoms with van der Waals surface area (Å²) in [5.41, 5.74) is 2.48. The Balaban J connectivity index is 0.000000920. The normalized spacial score (nSPS) is 11.0. The molecule has 2 aromatic rings. The molecule has 0 aromatic heterocycles. The van der Waals surface area contributed by atoms with E-state index in [9.17, 15) is 0 Å². The summed E-state index contributed by atoms with van der Waals surface area (Å²) < 4.78 is 20.8. The third kappa shape index (κ3) is 16.0. The minimum Gasteiger partial charge on any atom is -0.457 e. The van der Waals surface area contributed by atoms with Crippen molar-refractivity contribution in [3.05, 3.63) is 59.7 Å². The van der Waals surface area contributed by atoms with E-state index in [-0.39, 0.29) is 0 Å². The van der Waals surface area contributed by atoms with E-state index >= 15 is 0 Å². The molecule has 180 valence electrons. The average Bonchev–Trinajstić information content (AvgIpc) is 2.73. The number of ether oxygens (including phenoxy) is 2. The van der Waals surface area contributed by atoms with Crippen molar-refractivity contribution in [1.29, 1.82) is 0 Å². The lowest BCUT2D eigenvalue weighted by Crippen LogP contribution is -2.02. The monoisotopic (exact) mass is 466 g/mol. The minimum absolute atomic E-state index is 0.755. The van der Waals surface area contributed by atoms with Crippen LogP contribution in [0.1, 0.15) is 69.4 Å². The van der Waals surface area contributed by atoms with Crippen molar-refractivity contribution in [2.45, 2.75) is 71.6 Å². The highest BCUT2D eigenvalue weighted by molar-refractivity contribution is 7.45. The van der Waals surface area contributed by atoms with E-state index in [1.807, 2.05) is 30.3 Å². The molecule has 0 amide bonds. The van der Waals surface area contributed by atoms with Gasteiger partial charge >= 0.3 is 7.82 Å². The quantitative estimate of drug-likeness (QED) is 0.216. The van der Waals surface area contributed by atoms with Gasteiger partial charge in [-0.25, -0.2) is 4.57 Å². The summed E-state index contributed by atoms with van der Waals surface area (Å²) in [6.45, 7) is 6.02. The molecule has 0 aliphatic carbocycles. The first kappa shape index (κ1) is 28.3. The molecule has 0 saturated heterocycles. The van der Waals surface area contributed by atoms with Crippen molar-refractivity contribution in [2.75, 3.05) is 13.2 Å². The highest BCUT2D eigenvalue weighted by Gasteiger charge is 2.06. The van der Waals surface area contributed by atoms with Crippen LogP contribution in [0.4, 0.5) is 0 Å². The number of rotatable bonds is 14. The molecule has 0 atom stereocenters. The second-order valence-corrected chi connectivity index (χ2v) is 8.90. The van der Waals surface area contributed by atoms with Crippen LogP contribution in [0.3, 0.4) is 0 Å². The Kier molecular flexibility index (Phi) is 14.9. The highest BCUT2D eigenvalue weighted by atomic mass is 31.2. The lowest BCUT2D eigenvalue weighted by Gasteiger charge is -2.12. The van der Waals surface area contributed by atoms with Crippen LogP contribution in [0.2, 0.25) is 0 Å². The molecule has 0 saturated carbocycles. The molecule has 0 spiro atoms. The van der Waals surface area contributed by atoms with E-state index < -0.39 is 7.82 Å². The van der Waals surface area contributed by atoms with Gasteiger partial charge in [-0.2, -0.15) is 0 Å². The molecule has 0 fully saturated rings. The molecule has 0 aliphatic rings. The maximum Gasteiger partial charge on any atom is 0.466 e. The van der Waals surface area contributed by atoms with E-state index in [4.69, 9.17) is 28.7 Å². The van der Waals surface area contributed by atoms with E-state index in [0.717, 1.165) is 31.1 Å². The number of phosphoric acid groups is 1. The van der Waals surface area contributed by atoms with Gasteiger partial charge in [-0.3, -0.25) is 0 Å².